The maximum atomic E-state index is 13.6. The highest BCUT2D eigenvalue weighted by Gasteiger charge is 2.44. The molecule has 0 radical (unpaired) electrons. The van der Waals surface area contributed by atoms with E-state index in [2.05, 4.69) is 0 Å². The van der Waals surface area contributed by atoms with Crippen LogP contribution < -0.4 is 0 Å². The van der Waals surface area contributed by atoms with Crippen molar-refractivity contribution in [3.63, 3.8) is 0 Å². The van der Waals surface area contributed by atoms with E-state index < -0.39 is 17.6 Å². The van der Waals surface area contributed by atoms with Gasteiger partial charge in [0.05, 0.1) is 5.92 Å². The quantitative estimate of drug-likeness (QED) is 0.829. The Morgan fingerprint density at radius 1 is 1.40 bits per heavy atom. The van der Waals surface area contributed by atoms with E-state index >= 15 is 0 Å². The lowest BCUT2D eigenvalue weighted by molar-refractivity contribution is -0.138. The van der Waals surface area contributed by atoms with Crippen molar-refractivity contribution in [2.24, 2.45) is 0 Å². The third-order valence-corrected chi connectivity index (χ3v) is 2.99. The number of benzene rings is 1. The van der Waals surface area contributed by atoms with E-state index in [1.807, 2.05) is 0 Å². The number of hydrogen-bond donors (Lipinski definition) is 1. The Labute approximate surface area is 87.7 Å². The second-order valence-electron chi connectivity index (χ2n) is 4.15. The molecular weight excluding hydrogens is 195 g/mol. The number of hydrogen-bond acceptors (Lipinski definition) is 1. The highest BCUT2D eigenvalue weighted by molar-refractivity contribution is 5.75. The normalized spacial score (nSPS) is 19.6. The third-order valence-electron chi connectivity index (χ3n) is 2.99. The van der Waals surface area contributed by atoms with Crippen LogP contribution in [0.15, 0.2) is 24.3 Å². The van der Waals surface area contributed by atoms with Crippen LogP contribution in [0, 0.1) is 0 Å². The van der Waals surface area contributed by atoms with E-state index in [0.717, 1.165) is 5.56 Å². The fraction of sp³-hybridized carbons (Fsp3) is 0.417. The lowest BCUT2D eigenvalue weighted by Crippen LogP contribution is -2.07. The zero-order chi connectivity index (χ0) is 11.1. The first-order valence-electron chi connectivity index (χ1n) is 5.05. The van der Waals surface area contributed by atoms with Gasteiger partial charge in [0, 0.05) is 0 Å². The van der Waals surface area contributed by atoms with Crippen LogP contribution in [0.5, 0.6) is 0 Å². The van der Waals surface area contributed by atoms with Crippen molar-refractivity contribution < 1.29 is 14.3 Å². The number of halogens is 1. The number of carboxylic acid groups (broad SMARTS) is 1. The van der Waals surface area contributed by atoms with Gasteiger partial charge in [-0.15, -0.1) is 0 Å². The number of alkyl halides is 1. The molecule has 0 bridgehead atoms. The van der Waals surface area contributed by atoms with Gasteiger partial charge in [-0.1, -0.05) is 24.3 Å². The largest absolute Gasteiger partial charge is 0.481 e. The summed E-state index contributed by atoms with van der Waals surface area (Å²) in [4.78, 5) is 10.7. The molecule has 1 unspecified atom stereocenters. The Morgan fingerprint density at radius 2 is 1.93 bits per heavy atom. The molecule has 0 aromatic heterocycles. The molecule has 1 aromatic rings. The second kappa shape index (κ2) is 3.33. The molecule has 1 aliphatic carbocycles. The van der Waals surface area contributed by atoms with Crippen molar-refractivity contribution in [3.8, 4) is 0 Å². The summed E-state index contributed by atoms with van der Waals surface area (Å²) in [5.74, 6) is -1.39. The molecule has 1 saturated carbocycles. The molecule has 1 N–H and O–H groups in total. The summed E-state index contributed by atoms with van der Waals surface area (Å²) >= 11 is 0. The summed E-state index contributed by atoms with van der Waals surface area (Å²) in [6, 6.07) is 6.80. The fourth-order valence-corrected chi connectivity index (χ4v) is 1.61. The molecule has 0 saturated heterocycles. The van der Waals surface area contributed by atoms with Crippen LogP contribution >= 0.6 is 0 Å². The molecule has 1 aromatic carbocycles. The van der Waals surface area contributed by atoms with Gasteiger partial charge in [-0.25, -0.2) is 4.39 Å². The molecule has 15 heavy (non-hydrogen) atoms. The summed E-state index contributed by atoms with van der Waals surface area (Å²) in [6.07, 6.45) is 1.17. The molecule has 0 spiro atoms. The van der Waals surface area contributed by atoms with Crippen molar-refractivity contribution in [1.29, 1.82) is 0 Å². The van der Waals surface area contributed by atoms with Gasteiger partial charge in [-0.3, -0.25) is 4.79 Å². The van der Waals surface area contributed by atoms with E-state index in [-0.39, 0.29) is 0 Å². The smallest absolute Gasteiger partial charge is 0.310 e. The molecule has 0 amide bonds. The maximum Gasteiger partial charge on any atom is 0.310 e. The number of carbonyl (C=O) groups is 1. The van der Waals surface area contributed by atoms with Crippen LogP contribution in [-0.4, -0.2) is 11.1 Å². The summed E-state index contributed by atoms with van der Waals surface area (Å²) in [5, 5.41) is 8.80. The van der Waals surface area contributed by atoms with E-state index in [1.54, 1.807) is 31.2 Å². The summed E-state index contributed by atoms with van der Waals surface area (Å²) < 4.78 is 13.6. The van der Waals surface area contributed by atoms with Crippen molar-refractivity contribution in [3.05, 3.63) is 35.4 Å². The number of aliphatic carboxylic acids is 1. The second-order valence-corrected chi connectivity index (χ2v) is 4.15. The third kappa shape index (κ3) is 1.87. The first-order valence-corrected chi connectivity index (χ1v) is 5.05. The minimum Gasteiger partial charge on any atom is -0.481 e. The summed E-state index contributed by atoms with van der Waals surface area (Å²) in [6.45, 7) is 1.62. The van der Waals surface area contributed by atoms with Crippen molar-refractivity contribution in [2.75, 3.05) is 0 Å². The molecule has 0 heterocycles. The van der Waals surface area contributed by atoms with Gasteiger partial charge in [0.2, 0.25) is 0 Å². The van der Waals surface area contributed by atoms with Gasteiger partial charge in [0.15, 0.2) is 0 Å². The molecule has 2 nitrogen and oxygen atoms in total. The minimum absolute atomic E-state index is 0.534. The Kier molecular flexibility index (Phi) is 2.25. The predicted molar refractivity (Wildman–Crippen MR) is 54.5 cm³/mol. The van der Waals surface area contributed by atoms with Gasteiger partial charge < -0.3 is 5.11 Å². The van der Waals surface area contributed by atoms with Crippen LogP contribution in [0.4, 0.5) is 4.39 Å². The Morgan fingerprint density at radius 3 is 2.33 bits per heavy atom. The standard InChI is InChI=1S/C12H13FO2/c1-8(11(14)15)9-2-4-10(5-3-9)12(13)6-7-12/h2-5,8H,6-7H2,1H3,(H,14,15). The van der Waals surface area contributed by atoms with E-state index in [4.69, 9.17) is 5.11 Å². The summed E-state index contributed by atoms with van der Waals surface area (Å²) in [7, 11) is 0. The topological polar surface area (TPSA) is 37.3 Å². The summed E-state index contributed by atoms with van der Waals surface area (Å²) in [5.41, 5.74) is 0.254. The van der Waals surface area contributed by atoms with Gasteiger partial charge in [-0.2, -0.15) is 0 Å². The SMILES string of the molecule is CC(C(=O)O)c1ccc(C2(F)CC2)cc1. The highest BCUT2D eigenvalue weighted by atomic mass is 19.1. The fourth-order valence-electron chi connectivity index (χ4n) is 1.61. The molecule has 1 atom stereocenters. The number of rotatable bonds is 3. The van der Waals surface area contributed by atoms with Crippen LogP contribution in [0.25, 0.3) is 0 Å². The average Bonchev–Trinajstić information content (AvgIpc) is 2.97. The molecule has 1 fully saturated rings. The molecule has 3 heteroatoms. The Bertz CT molecular complexity index is 379. The van der Waals surface area contributed by atoms with Crippen LogP contribution in [-0.2, 0) is 10.5 Å². The Hall–Kier alpha value is -1.38. The number of carboxylic acids is 1. The monoisotopic (exact) mass is 208 g/mol. The highest BCUT2D eigenvalue weighted by Crippen LogP contribution is 2.49. The molecule has 80 valence electrons. The van der Waals surface area contributed by atoms with Gasteiger partial charge in [0.1, 0.15) is 5.67 Å². The molecule has 2 rings (SSSR count). The van der Waals surface area contributed by atoms with E-state index in [1.165, 1.54) is 0 Å². The predicted octanol–water partition coefficient (Wildman–Crippen LogP) is 2.83. The van der Waals surface area contributed by atoms with Gasteiger partial charge >= 0.3 is 5.97 Å². The van der Waals surface area contributed by atoms with Crippen LogP contribution in [0.3, 0.4) is 0 Å². The van der Waals surface area contributed by atoms with Crippen molar-refractivity contribution >= 4 is 5.97 Å². The first-order chi connectivity index (χ1) is 7.03. The Balaban J connectivity index is 2.20. The van der Waals surface area contributed by atoms with Gasteiger partial charge in [0.25, 0.3) is 0 Å². The lowest BCUT2D eigenvalue weighted by atomic mass is 9.98. The van der Waals surface area contributed by atoms with Crippen LogP contribution in [0.2, 0.25) is 0 Å². The lowest BCUT2D eigenvalue weighted by Gasteiger charge is -2.09. The zero-order valence-electron chi connectivity index (χ0n) is 8.53. The van der Waals surface area contributed by atoms with E-state index in [0.29, 0.717) is 18.4 Å². The van der Waals surface area contributed by atoms with Crippen molar-refractivity contribution in [1.82, 2.24) is 0 Å². The molecule has 1 aliphatic rings. The van der Waals surface area contributed by atoms with E-state index in [9.17, 15) is 9.18 Å². The van der Waals surface area contributed by atoms with Gasteiger partial charge in [-0.05, 0) is 30.9 Å². The van der Waals surface area contributed by atoms with Crippen LogP contribution in [0.1, 0.15) is 36.8 Å². The van der Waals surface area contributed by atoms with Crippen molar-refractivity contribution in [2.45, 2.75) is 31.4 Å². The minimum atomic E-state index is -1.13. The first kappa shape index (κ1) is 10.1. The molecule has 0 aliphatic heterocycles. The average molecular weight is 208 g/mol. The molecular formula is C12H13FO2. The zero-order valence-corrected chi connectivity index (χ0v) is 8.53. The maximum absolute atomic E-state index is 13.6.